The molecule has 0 radical (unpaired) electrons. The number of hydroxylamine groups is 2. The van der Waals surface area contributed by atoms with Crippen LogP contribution < -0.4 is 0 Å². The highest BCUT2D eigenvalue weighted by atomic mass is 32.2. The van der Waals surface area contributed by atoms with E-state index in [9.17, 15) is 25.9 Å². The summed E-state index contributed by atoms with van der Waals surface area (Å²) < 4.78 is 60.4. The van der Waals surface area contributed by atoms with E-state index in [-0.39, 0.29) is 0 Å². The molecule has 1 N–H and O–H groups in total. The summed E-state index contributed by atoms with van der Waals surface area (Å²) in [7, 11) is -8.90. The van der Waals surface area contributed by atoms with Gasteiger partial charge in [0.15, 0.2) is 0 Å². The highest BCUT2D eigenvalue weighted by Gasteiger charge is 2.05. The molecule has 0 atom stereocenters. The molecule has 10 heteroatoms. The van der Waals surface area contributed by atoms with Crippen LogP contribution in [0.25, 0.3) is 0 Å². The lowest BCUT2D eigenvalue weighted by atomic mass is 10.6. The second kappa shape index (κ2) is 5.00. The van der Waals surface area contributed by atoms with E-state index in [1.165, 1.54) is 0 Å². The molecule has 0 bridgehead atoms. The van der Waals surface area contributed by atoms with Gasteiger partial charge in [0.1, 0.15) is 0 Å². The van der Waals surface area contributed by atoms with Crippen molar-refractivity contribution >= 4 is 20.2 Å². The molecule has 0 saturated carbocycles. The summed E-state index contributed by atoms with van der Waals surface area (Å²) in [6, 6.07) is 0. The van der Waals surface area contributed by atoms with Crippen LogP contribution in [0.4, 0.5) is 0 Å². The maximum absolute atomic E-state index is 10.1. The Morgan fingerprint density at radius 3 is 1.43 bits per heavy atom. The third-order valence-corrected chi connectivity index (χ3v) is 2.56. The van der Waals surface area contributed by atoms with Crippen molar-refractivity contribution < 1.29 is 31.1 Å². The van der Waals surface area contributed by atoms with E-state index in [1.807, 2.05) is 0 Å². The number of rotatable bonds is 6. The third-order valence-electron chi connectivity index (χ3n) is 1.20. The minimum Gasteiger partial charge on any atom is -0.748 e. The lowest BCUT2D eigenvalue weighted by Crippen LogP contribution is -2.30. The number of nitrogens with zero attached hydrogens (tertiary/aromatic N) is 1. The van der Waals surface area contributed by atoms with Gasteiger partial charge in [0.2, 0.25) is 0 Å². The van der Waals surface area contributed by atoms with Gasteiger partial charge in [0.05, 0.1) is 31.7 Å². The molecular weight excluding hydrogens is 238 g/mol. The van der Waals surface area contributed by atoms with Crippen LogP contribution >= 0.6 is 0 Å². The maximum atomic E-state index is 10.1. The zero-order valence-corrected chi connectivity index (χ0v) is 8.62. The van der Waals surface area contributed by atoms with E-state index in [2.05, 4.69) is 0 Å². The Morgan fingerprint density at radius 2 is 1.21 bits per heavy atom. The van der Waals surface area contributed by atoms with Crippen LogP contribution in [0.1, 0.15) is 0 Å². The van der Waals surface area contributed by atoms with Crippen molar-refractivity contribution in [3.63, 3.8) is 0 Å². The minimum atomic E-state index is -4.45. The van der Waals surface area contributed by atoms with Crippen molar-refractivity contribution in [2.24, 2.45) is 0 Å². The second-order valence-electron chi connectivity index (χ2n) is 2.48. The van der Waals surface area contributed by atoms with Crippen molar-refractivity contribution in [2.45, 2.75) is 0 Å². The largest absolute Gasteiger partial charge is 0.748 e. The summed E-state index contributed by atoms with van der Waals surface area (Å²) in [5.74, 6) is -1.69. The van der Waals surface area contributed by atoms with Crippen molar-refractivity contribution in [1.29, 1.82) is 0 Å². The Morgan fingerprint density at radius 1 is 0.929 bits per heavy atom. The van der Waals surface area contributed by atoms with Gasteiger partial charge in [0.25, 0.3) is 0 Å². The zero-order chi connectivity index (χ0) is 11.4. The summed E-state index contributed by atoms with van der Waals surface area (Å²) in [6.45, 7) is -1.05. The summed E-state index contributed by atoms with van der Waals surface area (Å²) in [5.41, 5.74) is 0. The average molecular weight is 247 g/mol. The van der Waals surface area contributed by atoms with Crippen LogP contribution in [0, 0.1) is 0 Å². The van der Waals surface area contributed by atoms with Crippen LogP contribution in [0.5, 0.6) is 0 Å². The Bertz CT molecular complexity index is 321. The fourth-order valence-electron chi connectivity index (χ4n) is 0.546. The van der Waals surface area contributed by atoms with Crippen molar-refractivity contribution in [3.05, 3.63) is 0 Å². The van der Waals surface area contributed by atoms with Gasteiger partial charge in [0, 0.05) is 13.1 Å². The first-order chi connectivity index (χ1) is 6.10. The van der Waals surface area contributed by atoms with Crippen LogP contribution in [-0.2, 0) is 20.2 Å². The first kappa shape index (κ1) is 13.7. The molecule has 0 amide bonds. The molecule has 0 aromatic heterocycles. The lowest BCUT2D eigenvalue weighted by molar-refractivity contribution is -0.0803. The molecular formula is C4H9NO7S2-2. The molecule has 0 aliphatic rings. The van der Waals surface area contributed by atoms with Crippen LogP contribution in [0.15, 0.2) is 0 Å². The highest BCUT2D eigenvalue weighted by Crippen LogP contribution is 1.89. The van der Waals surface area contributed by atoms with E-state index >= 15 is 0 Å². The van der Waals surface area contributed by atoms with Crippen LogP contribution in [0.2, 0.25) is 0 Å². The first-order valence-electron chi connectivity index (χ1n) is 3.41. The quantitative estimate of drug-likeness (QED) is 0.411. The van der Waals surface area contributed by atoms with Gasteiger partial charge in [-0.05, 0) is 0 Å². The van der Waals surface area contributed by atoms with E-state index < -0.39 is 44.8 Å². The van der Waals surface area contributed by atoms with Crippen LogP contribution in [0.3, 0.4) is 0 Å². The summed E-state index contributed by atoms with van der Waals surface area (Å²) in [4.78, 5) is 0. The Kier molecular flexibility index (Phi) is 4.91. The number of hydrogen-bond acceptors (Lipinski definition) is 8. The van der Waals surface area contributed by atoms with Gasteiger partial charge < -0.3 is 14.3 Å². The average Bonchev–Trinajstić information content (AvgIpc) is 1.94. The molecule has 14 heavy (non-hydrogen) atoms. The fourth-order valence-corrected chi connectivity index (χ4v) is 1.41. The Hall–Kier alpha value is -0.260. The van der Waals surface area contributed by atoms with E-state index in [4.69, 9.17) is 5.21 Å². The fraction of sp³-hybridized carbons (Fsp3) is 1.00. The summed E-state index contributed by atoms with van der Waals surface area (Å²) in [5, 5.41) is 9.10. The van der Waals surface area contributed by atoms with Gasteiger partial charge in [-0.25, -0.2) is 16.8 Å². The zero-order valence-electron chi connectivity index (χ0n) is 6.99. The lowest BCUT2D eigenvalue weighted by Gasteiger charge is -2.16. The second-order valence-corrected chi connectivity index (χ2v) is 5.52. The predicted octanol–water partition coefficient (Wildman–Crippen LogP) is -2.23. The summed E-state index contributed by atoms with van der Waals surface area (Å²) in [6.07, 6.45) is 0. The topological polar surface area (TPSA) is 138 Å². The molecule has 0 aromatic carbocycles. The maximum Gasteiger partial charge on any atom is 0.0959 e. The standard InChI is InChI=1S/C4H11NO7S2/c6-5(1-3-13(7,8)9)2-4-14(10,11)12/h6H,1-4H2,(H,7,8,9)(H,10,11,12)/p-2. The molecule has 0 rings (SSSR count). The molecule has 0 unspecified atom stereocenters. The minimum absolute atomic E-state index is 0.297. The third kappa shape index (κ3) is 9.83. The molecule has 86 valence electrons. The van der Waals surface area contributed by atoms with Gasteiger partial charge in [-0.15, -0.1) is 0 Å². The molecule has 8 nitrogen and oxygen atoms in total. The molecule has 0 spiro atoms. The molecule has 0 saturated heterocycles. The first-order valence-corrected chi connectivity index (χ1v) is 6.56. The summed E-state index contributed by atoms with van der Waals surface area (Å²) >= 11 is 0. The highest BCUT2D eigenvalue weighted by molar-refractivity contribution is 7.85. The van der Waals surface area contributed by atoms with Crippen molar-refractivity contribution in [1.82, 2.24) is 5.06 Å². The molecule has 0 aromatic rings. The van der Waals surface area contributed by atoms with Gasteiger partial charge >= 0.3 is 0 Å². The van der Waals surface area contributed by atoms with Crippen molar-refractivity contribution in [3.8, 4) is 0 Å². The smallest absolute Gasteiger partial charge is 0.0959 e. The van der Waals surface area contributed by atoms with E-state index in [1.54, 1.807) is 0 Å². The van der Waals surface area contributed by atoms with Gasteiger partial charge in [-0.1, -0.05) is 0 Å². The van der Waals surface area contributed by atoms with E-state index in [0.717, 1.165) is 0 Å². The predicted molar refractivity (Wildman–Crippen MR) is 42.5 cm³/mol. The number of hydrogen-bond donors (Lipinski definition) is 1. The molecule has 0 aliphatic carbocycles. The Balaban J connectivity index is 3.84. The molecule has 0 aliphatic heterocycles. The van der Waals surface area contributed by atoms with Crippen molar-refractivity contribution in [2.75, 3.05) is 24.6 Å². The SMILES string of the molecule is O=S(=O)([O-])CCN(O)CCS(=O)(=O)[O-]. The monoisotopic (exact) mass is 247 g/mol. The van der Waals surface area contributed by atoms with Gasteiger partial charge in [-0.2, -0.15) is 5.06 Å². The molecule has 0 fully saturated rings. The molecule has 0 heterocycles. The van der Waals surface area contributed by atoms with E-state index in [0.29, 0.717) is 5.06 Å². The van der Waals surface area contributed by atoms with Crippen LogP contribution in [-0.4, -0.2) is 60.8 Å². The normalized spacial score (nSPS) is 13.4. The Labute approximate surface area is 81.6 Å². The van der Waals surface area contributed by atoms with Gasteiger partial charge in [-0.3, -0.25) is 0 Å².